The second-order valence-corrected chi connectivity index (χ2v) is 6.40. The van der Waals surface area contributed by atoms with Crippen molar-refractivity contribution < 1.29 is 9.53 Å². The van der Waals surface area contributed by atoms with E-state index in [2.05, 4.69) is 15.3 Å². The lowest BCUT2D eigenvalue weighted by atomic mass is 10.2. The fourth-order valence-corrected chi connectivity index (χ4v) is 3.16. The summed E-state index contributed by atoms with van der Waals surface area (Å²) in [5.41, 5.74) is 2.82. The Kier molecular flexibility index (Phi) is 5.40. The Morgan fingerprint density at radius 1 is 1.24 bits per heavy atom. The number of carbonyl (C=O) groups is 1. The molecular weight excluding hydrogens is 334 g/mol. The van der Waals surface area contributed by atoms with Gasteiger partial charge in [-0.15, -0.1) is 11.3 Å². The van der Waals surface area contributed by atoms with Gasteiger partial charge >= 0.3 is 0 Å². The number of aryl methyl sites for hydroxylation is 1. The number of nitrogens with zero attached hydrogens (tertiary/aromatic N) is 2. The average molecular weight is 353 g/mol. The molecule has 0 saturated heterocycles. The summed E-state index contributed by atoms with van der Waals surface area (Å²) in [7, 11) is 0. The van der Waals surface area contributed by atoms with Gasteiger partial charge in [-0.1, -0.05) is 0 Å². The number of anilines is 1. The van der Waals surface area contributed by atoms with Crippen LogP contribution < -0.4 is 10.1 Å². The Labute approximate surface area is 150 Å². The molecule has 0 saturated carbocycles. The number of carbonyl (C=O) groups excluding carboxylic acids is 1. The van der Waals surface area contributed by atoms with Crippen molar-refractivity contribution in [3.63, 3.8) is 0 Å². The van der Waals surface area contributed by atoms with Crippen LogP contribution in [0, 0.1) is 6.92 Å². The summed E-state index contributed by atoms with van der Waals surface area (Å²) in [6.45, 7) is 4.56. The minimum atomic E-state index is -0.123. The van der Waals surface area contributed by atoms with Crippen LogP contribution in [0.25, 0.3) is 10.6 Å². The quantitative estimate of drug-likeness (QED) is 0.725. The number of thiazole rings is 1. The highest BCUT2D eigenvalue weighted by Crippen LogP contribution is 2.26. The predicted octanol–water partition coefficient (Wildman–Crippen LogP) is 4.09. The van der Waals surface area contributed by atoms with E-state index in [4.69, 9.17) is 4.74 Å². The van der Waals surface area contributed by atoms with Gasteiger partial charge in [0.15, 0.2) is 0 Å². The molecule has 0 aliphatic rings. The maximum absolute atomic E-state index is 12.2. The third kappa shape index (κ3) is 4.64. The van der Waals surface area contributed by atoms with Crippen LogP contribution in [0.5, 0.6) is 5.75 Å². The van der Waals surface area contributed by atoms with Gasteiger partial charge in [0, 0.05) is 17.1 Å². The van der Waals surface area contributed by atoms with Crippen LogP contribution in [0.4, 0.5) is 5.82 Å². The van der Waals surface area contributed by atoms with Crippen LogP contribution in [-0.4, -0.2) is 22.5 Å². The van der Waals surface area contributed by atoms with Crippen molar-refractivity contribution >= 4 is 23.1 Å². The zero-order valence-electron chi connectivity index (χ0n) is 14.2. The number of rotatable bonds is 6. The van der Waals surface area contributed by atoms with E-state index < -0.39 is 0 Å². The SMILES string of the molecule is CCOc1ccc(-c2nc(CC(=O)Nc3cc(C)ccn3)cs2)cc1. The first-order chi connectivity index (χ1) is 12.1. The van der Waals surface area contributed by atoms with Gasteiger partial charge in [0.2, 0.25) is 5.91 Å². The lowest BCUT2D eigenvalue weighted by Crippen LogP contribution is -2.15. The first-order valence-electron chi connectivity index (χ1n) is 8.04. The normalized spacial score (nSPS) is 10.5. The maximum Gasteiger partial charge on any atom is 0.231 e. The lowest BCUT2D eigenvalue weighted by Gasteiger charge is -2.04. The molecule has 0 bridgehead atoms. The summed E-state index contributed by atoms with van der Waals surface area (Å²) in [6.07, 6.45) is 1.90. The molecule has 0 fully saturated rings. The van der Waals surface area contributed by atoms with Crippen molar-refractivity contribution in [2.45, 2.75) is 20.3 Å². The van der Waals surface area contributed by atoms with E-state index in [0.29, 0.717) is 12.4 Å². The number of aromatic nitrogens is 2. The van der Waals surface area contributed by atoms with Crippen molar-refractivity contribution in [3.05, 3.63) is 59.2 Å². The van der Waals surface area contributed by atoms with E-state index in [-0.39, 0.29) is 12.3 Å². The van der Waals surface area contributed by atoms with E-state index in [0.717, 1.165) is 27.6 Å². The van der Waals surface area contributed by atoms with E-state index in [9.17, 15) is 4.79 Å². The number of amides is 1. The van der Waals surface area contributed by atoms with Crippen LogP contribution in [0.2, 0.25) is 0 Å². The van der Waals surface area contributed by atoms with E-state index >= 15 is 0 Å². The van der Waals surface area contributed by atoms with Gasteiger partial charge in [-0.2, -0.15) is 0 Å². The van der Waals surface area contributed by atoms with Crippen molar-refractivity contribution in [3.8, 4) is 16.3 Å². The molecule has 0 unspecified atom stereocenters. The van der Waals surface area contributed by atoms with E-state index in [1.807, 2.05) is 55.6 Å². The summed E-state index contributed by atoms with van der Waals surface area (Å²) < 4.78 is 5.44. The second kappa shape index (κ2) is 7.90. The summed E-state index contributed by atoms with van der Waals surface area (Å²) in [6, 6.07) is 11.5. The summed E-state index contributed by atoms with van der Waals surface area (Å²) in [5.74, 6) is 1.28. The molecule has 128 valence electrons. The summed E-state index contributed by atoms with van der Waals surface area (Å²) in [5, 5.41) is 5.60. The molecule has 3 rings (SSSR count). The van der Waals surface area contributed by atoms with Crippen LogP contribution >= 0.6 is 11.3 Å². The molecule has 0 aliphatic carbocycles. The van der Waals surface area contributed by atoms with Crippen LogP contribution in [0.3, 0.4) is 0 Å². The predicted molar refractivity (Wildman–Crippen MR) is 100 cm³/mol. The van der Waals surface area contributed by atoms with E-state index in [1.54, 1.807) is 6.20 Å². The van der Waals surface area contributed by atoms with Gasteiger partial charge in [-0.25, -0.2) is 9.97 Å². The van der Waals surface area contributed by atoms with Crippen LogP contribution in [0.1, 0.15) is 18.2 Å². The molecule has 0 aliphatic heterocycles. The number of hydrogen-bond acceptors (Lipinski definition) is 5. The van der Waals surface area contributed by atoms with Crippen molar-refractivity contribution in [2.24, 2.45) is 0 Å². The minimum absolute atomic E-state index is 0.123. The maximum atomic E-state index is 12.2. The molecule has 1 N–H and O–H groups in total. The Hall–Kier alpha value is -2.73. The Bertz CT molecular complexity index is 859. The van der Waals surface area contributed by atoms with Gasteiger partial charge in [0.1, 0.15) is 16.6 Å². The minimum Gasteiger partial charge on any atom is -0.494 e. The van der Waals surface area contributed by atoms with Gasteiger partial charge in [-0.05, 0) is 55.8 Å². The molecule has 0 radical (unpaired) electrons. The molecule has 1 amide bonds. The standard InChI is InChI=1S/C19H19N3O2S/c1-3-24-16-6-4-14(5-7-16)19-21-15(12-25-19)11-18(23)22-17-10-13(2)8-9-20-17/h4-10,12H,3,11H2,1-2H3,(H,20,22,23). The number of nitrogens with one attached hydrogen (secondary N) is 1. The largest absolute Gasteiger partial charge is 0.494 e. The number of benzene rings is 1. The molecule has 6 heteroatoms. The summed E-state index contributed by atoms with van der Waals surface area (Å²) in [4.78, 5) is 20.8. The molecule has 1 aromatic carbocycles. The highest BCUT2D eigenvalue weighted by Gasteiger charge is 2.10. The molecular formula is C19H19N3O2S. The first-order valence-corrected chi connectivity index (χ1v) is 8.92. The Morgan fingerprint density at radius 3 is 2.76 bits per heavy atom. The molecule has 3 aromatic rings. The van der Waals surface area contributed by atoms with Crippen molar-refractivity contribution in [1.29, 1.82) is 0 Å². The molecule has 2 aromatic heterocycles. The molecule has 0 atom stereocenters. The third-order valence-corrected chi connectivity index (χ3v) is 4.43. The number of pyridine rings is 1. The zero-order chi connectivity index (χ0) is 17.6. The lowest BCUT2D eigenvalue weighted by molar-refractivity contribution is -0.115. The summed E-state index contributed by atoms with van der Waals surface area (Å²) >= 11 is 1.53. The molecule has 2 heterocycles. The zero-order valence-corrected chi connectivity index (χ0v) is 15.0. The highest BCUT2D eigenvalue weighted by molar-refractivity contribution is 7.13. The third-order valence-electron chi connectivity index (χ3n) is 3.49. The molecule has 25 heavy (non-hydrogen) atoms. The monoisotopic (exact) mass is 353 g/mol. The van der Waals surface area contributed by atoms with Crippen molar-refractivity contribution in [1.82, 2.24) is 9.97 Å². The second-order valence-electron chi connectivity index (χ2n) is 5.54. The fraction of sp³-hybridized carbons (Fsp3) is 0.211. The van der Waals surface area contributed by atoms with Gasteiger partial charge in [0.05, 0.1) is 18.7 Å². The fourth-order valence-electron chi connectivity index (χ4n) is 2.34. The number of hydrogen-bond donors (Lipinski definition) is 1. The van der Waals surface area contributed by atoms with Crippen LogP contribution in [-0.2, 0) is 11.2 Å². The van der Waals surface area contributed by atoms with Gasteiger partial charge in [-0.3, -0.25) is 4.79 Å². The van der Waals surface area contributed by atoms with E-state index in [1.165, 1.54) is 11.3 Å². The Morgan fingerprint density at radius 2 is 2.04 bits per heavy atom. The topological polar surface area (TPSA) is 64.1 Å². The molecule has 0 spiro atoms. The average Bonchev–Trinajstić information content (AvgIpc) is 3.04. The highest BCUT2D eigenvalue weighted by atomic mass is 32.1. The number of ether oxygens (including phenoxy) is 1. The molecule has 5 nitrogen and oxygen atoms in total. The van der Waals surface area contributed by atoms with Gasteiger partial charge < -0.3 is 10.1 Å². The Balaban J connectivity index is 1.64. The first kappa shape index (κ1) is 17.1. The van der Waals surface area contributed by atoms with Crippen LogP contribution in [0.15, 0.2) is 48.0 Å². The van der Waals surface area contributed by atoms with Crippen molar-refractivity contribution in [2.75, 3.05) is 11.9 Å². The van der Waals surface area contributed by atoms with Gasteiger partial charge in [0.25, 0.3) is 0 Å². The smallest absolute Gasteiger partial charge is 0.231 e.